The van der Waals surface area contributed by atoms with E-state index < -0.39 is 0 Å². The van der Waals surface area contributed by atoms with Crippen molar-refractivity contribution in [2.45, 2.75) is 52.4 Å². The molecule has 0 unspecified atom stereocenters. The van der Waals surface area contributed by atoms with Crippen LogP contribution in [0.4, 0.5) is 0 Å². The molecular weight excluding hydrogens is 649 g/mol. The Kier molecular flexibility index (Phi) is 7.35. The van der Waals surface area contributed by atoms with Gasteiger partial charge < -0.3 is 10.1 Å². The topological polar surface area (TPSA) is 66.7 Å². The second-order valence-corrected chi connectivity index (χ2v) is 16.2. The number of imidazole rings is 1. The van der Waals surface area contributed by atoms with E-state index in [2.05, 4.69) is 142 Å². The fraction of sp³-hybridized carbons (Fsp3) is 0.167. The van der Waals surface area contributed by atoms with E-state index in [1.807, 2.05) is 36.4 Å². The summed E-state index contributed by atoms with van der Waals surface area (Å²) in [6.07, 6.45) is 0. The summed E-state index contributed by atoms with van der Waals surface area (Å²) in [6, 6.07) is 46.3. The molecule has 53 heavy (non-hydrogen) atoms. The summed E-state index contributed by atoms with van der Waals surface area (Å²) in [6.45, 7) is 13.6. The SMILES string of the molecule is CC(C)(C)c1ccc2[nH]c3c(-c4nc5c(-c6cc(-c7ccccc7)c7cccc(O)c7n6)cccc5n4-c4ccccc4)cc(C(C)(C)C)cc3c2c1. The fourth-order valence-electron chi connectivity index (χ4n) is 7.63. The molecule has 0 aliphatic rings. The molecule has 9 aromatic rings. The molecular formula is C48H42N4O. The lowest BCUT2D eigenvalue weighted by atomic mass is 9.84. The Morgan fingerprint density at radius 1 is 0.547 bits per heavy atom. The smallest absolute Gasteiger partial charge is 0.147 e. The number of fused-ring (bicyclic) bond motifs is 5. The third-order valence-electron chi connectivity index (χ3n) is 10.6. The van der Waals surface area contributed by atoms with Crippen LogP contribution < -0.4 is 0 Å². The van der Waals surface area contributed by atoms with Crippen molar-refractivity contribution in [3.8, 4) is 45.2 Å². The Hall–Kier alpha value is -6.20. The van der Waals surface area contributed by atoms with Gasteiger partial charge in [-0.25, -0.2) is 9.97 Å². The molecule has 0 saturated carbocycles. The number of pyridine rings is 1. The summed E-state index contributed by atoms with van der Waals surface area (Å²) in [5.74, 6) is 1.00. The normalized spacial score (nSPS) is 12.4. The summed E-state index contributed by atoms with van der Waals surface area (Å²) in [5, 5.41) is 14.4. The number of hydrogen-bond donors (Lipinski definition) is 2. The lowest BCUT2D eigenvalue weighted by molar-refractivity contribution is 0.480. The predicted molar refractivity (Wildman–Crippen MR) is 221 cm³/mol. The van der Waals surface area contributed by atoms with Crippen molar-refractivity contribution in [1.82, 2.24) is 19.5 Å². The first-order chi connectivity index (χ1) is 25.5. The van der Waals surface area contributed by atoms with Crippen molar-refractivity contribution in [2.24, 2.45) is 0 Å². The van der Waals surface area contributed by atoms with Crippen molar-refractivity contribution in [3.05, 3.63) is 145 Å². The average Bonchev–Trinajstić information content (AvgIpc) is 3.73. The number of hydrogen-bond acceptors (Lipinski definition) is 3. The van der Waals surface area contributed by atoms with Crippen molar-refractivity contribution >= 4 is 43.7 Å². The van der Waals surface area contributed by atoms with E-state index in [1.165, 1.54) is 21.9 Å². The lowest BCUT2D eigenvalue weighted by Gasteiger charge is -2.21. The van der Waals surface area contributed by atoms with Crippen LogP contribution in [0.15, 0.2) is 133 Å². The van der Waals surface area contributed by atoms with Gasteiger partial charge in [-0.3, -0.25) is 4.57 Å². The van der Waals surface area contributed by atoms with Gasteiger partial charge in [-0.15, -0.1) is 0 Å². The van der Waals surface area contributed by atoms with Gasteiger partial charge in [0.05, 0.1) is 22.2 Å². The number of aromatic hydroxyl groups is 1. The largest absolute Gasteiger partial charge is 0.506 e. The maximum absolute atomic E-state index is 11.1. The molecule has 0 aliphatic carbocycles. The Bertz CT molecular complexity index is 2850. The molecule has 0 radical (unpaired) electrons. The molecule has 0 bridgehead atoms. The van der Waals surface area contributed by atoms with E-state index in [4.69, 9.17) is 9.97 Å². The number of nitrogens with zero attached hydrogens (tertiary/aromatic N) is 3. The number of aromatic nitrogens is 4. The van der Waals surface area contributed by atoms with Crippen LogP contribution in [0.25, 0.3) is 83.2 Å². The highest BCUT2D eigenvalue weighted by Crippen LogP contribution is 2.43. The van der Waals surface area contributed by atoms with Crippen LogP contribution in [-0.2, 0) is 10.8 Å². The molecule has 0 saturated heterocycles. The Morgan fingerprint density at radius 3 is 1.98 bits per heavy atom. The van der Waals surface area contributed by atoms with Crippen LogP contribution in [0.1, 0.15) is 52.7 Å². The van der Waals surface area contributed by atoms with E-state index in [0.29, 0.717) is 5.52 Å². The van der Waals surface area contributed by atoms with Crippen molar-refractivity contribution < 1.29 is 5.11 Å². The third kappa shape index (κ3) is 5.46. The highest BCUT2D eigenvalue weighted by Gasteiger charge is 2.25. The summed E-state index contributed by atoms with van der Waals surface area (Å²) >= 11 is 0. The molecule has 9 rings (SSSR count). The molecule has 260 valence electrons. The predicted octanol–water partition coefficient (Wildman–Crippen LogP) is 12.5. The van der Waals surface area contributed by atoms with Gasteiger partial charge in [-0.1, -0.05) is 120 Å². The number of benzene rings is 6. The van der Waals surface area contributed by atoms with Crippen molar-refractivity contribution in [3.63, 3.8) is 0 Å². The number of aromatic amines is 1. The minimum absolute atomic E-state index is 0.0217. The second-order valence-electron chi connectivity index (χ2n) is 16.2. The molecule has 5 heteroatoms. The van der Waals surface area contributed by atoms with Gasteiger partial charge in [0.15, 0.2) is 0 Å². The second kappa shape index (κ2) is 11.9. The highest BCUT2D eigenvalue weighted by molar-refractivity contribution is 6.13. The van der Waals surface area contributed by atoms with Crippen LogP contribution in [0.2, 0.25) is 0 Å². The molecule has 3 aromatic heterocycles. The molecule has 0 spiro atoms. The maximum Gasteiger partial charge on any atom is 0.147 e. The van der Waals surface area contributed by atoms with Gasteiger partial charge in [-0.05, 0) is 87.7 Å². The fourth-order valence-corrected chi connectivity index (χ4v) is 7.63. The van der Waals surface area contributed by atoms with Gasteiger partial charge in [0.1, 0.15) is 17.1 Å². The van der Waals surface area contributed by atoms with Gasteiger partial charge in [0.2, 0.25) is 0 Å². The number of para-hydroxylation sites is 3. The minimum Gasteiger partial charge on any atom is -0.506 e. The van der Waals surface area contributed by atoms with E-state index in [-0.39, 0.29) is 16.6 Å². The van der Waals surface area contributed by atoms with Crippen LogP contribution >= 0.6 is 0 Å². The lowest BCUT2D eigenvalue weighted by Crippen LogP contribution is -2.11. The third-order valence-corrected chi connectivity index (χ3v) is 10.6. The summed E-state index contributed by atoms with van der Waals surface area (Å²) < 4.78 is 2.28. The zero-order valence-corrected chi connectivity index (χ0v) is 31.0. The molecule has 3 heterocycles. The van der Waals surface area contributed by atoms with Gasteiger partial charge in [-0.2, -0.15) is 0 Å². The average molecular weight is 691 g/mol. The number of rotatable bonds is 4. The van der Waals surface area contributed by atoms with Gasteiger partial charge >= 0.3 is 0 Å². The Labute approximate surface area is 309 Å². The minimum atomic E-state index is -0.103. The number of phenolic OH excluding ortho intramolecular Hbond substituents is 1. The molecule has 0 aliphatic heterocycles. The Morgan fingerprint density at radius 2 is 1.25 bits per heavy atom. The first-order valence-corrected chi connectivity index (χ1v) is 18.3. The maximum atomic E-state index is 11.1. The molecule has 0 atom stereocenters. The zero-order chi connectivity index (χ0) is 36.6. The Balaban J connectivity index is 1.38. The van der Waals surface area contributed by atoms with Gasteiger partial charge in [0, 0.05) is 38.5 Å². The van der Waals surface area contributed by atoms with Crippen molar-refractivity contribution in [1.29, 1.82) is 0 Å². The molecule has 0 fully saturated rings. The van der Waals surface area contributed by atoms with Crippen molar-refractivity contribution in [2.75, 3.05) is 0 Å². The molecule has 6 aromatic carbocycles. The molecule has 0 amide bonds. The highest BCUT2D eigenvalue weighted by atomic mass is 16.3. The standard InChI is InChI=1S/C48H42N4O/c1-47(2,3)30-23-24-39-36(25-30)37-26-31(48(4,5)6)27-38(43(37)49-39)46-51-44-34(20-13-21-41(44)52(46)32-17-11-8-12-18-32)40-28-35(29-15-9-7-10-16-29)33-19-14-22-42(53)45(33)50-40/h7-28,49,53H,1-6H3. The van der Waals surface area contributed by atoms with Crippen LogP contribution in [0.5, 0.6) is 5.75 Å². The van der Waals surface area contributed by atoms with Gasteiger partial charge in [0.25, 0.3) is 0 Å². The van der Waals surface area contributed by atoms with E-state index >= 15 is 0 Å². The first-order valence-electron chi connectivity index (χ1n) is 18.3. The molecule has 2 N–H and O–H groups in total. The quantitative estimate of drug-likeness (QED) is 0.193. The number of phenols is 1. The first kappa shape index (κ1) is 32.7. The summed E-state index contributed by atoms with van der Waals surface area (Å²) in [7, 11) is 0. The monoisotopic (exact) mass is 690 g/mol. The van der Waals surface area contributed by atoms with E-state index in [0.717, 1.165) is 66.9 Å². The van der Waals surface area contributed by atoms with Crippen LogP contribution in [0, 0.1) is 0 Å². The summed E-state index contributed by atoms with van der Waals surface area (Å²) in [4.78, 5) is 14.5. The van der Waals surface area contributed by atoms with E-state index in [9.17, 15) is 5.11 Å². The van der Waals surface area contributed by atoms with E-state index in [1.54, 1.807) is 6.07 Å². The van der Waals surface area contributed by atoms with Crippen LogP contribution in [-0.4, -0.2) is 24.6 Å². The molecule has 5 nitrogen and oxygen atoms in total. The zero-order valence-electron chi connectivity index (χ0n) is 31.0. The number of nitrogens with one attached hydrogen (secondary N) is 1. The number of H-pyrrole nitrogens is 1. The summed E-state index contributed by atoms with van der Waals surface area (Å²) in [5.41, 5.74) is 12.8. The van der Waals surface area contributed by atoms with Crippen LogP contribution in [0.3, 0.4) is 0 Å².